The maximum atomic E-state index is 5.81. The molecule has 0 spiro atoms. The van der Waals surface area contributed by atoms with E-state index in [1.807, 2.05) is 0 Å². The second kappa shape index (κ2) is 3.38. The zero-order chi connectivity index (χ0) is 6.91. The molecule has 1 unspecified atom stereocenters. The lowest BCUT2D eigenvalue weighted by Crippen LogP contribution is -2.32. The maximum absolute atomic E-state index is 5.81. The van der Waals surface area contributed by atoms with Crippen LogP contribution in [0.5, 0.6) is 0 Å². The van der Waals surface area contributed by atoms with E-state index in [9.17, 15) is 0 Å². The quantitative estimate of drug-likeness (QED) is 0.554. The zero-order valence-corrected chi connectivity index (χ0v) is 6.48. The van der Waals surface area contributed by atoms with Crippen LogP contribution in [0.15, 0.2) is 0 Å². The van der Waals surface area contributed by atoms with Crippen molar-refractivity contribution in [3.63, 3.8) is 0 Å². The Kier molecular flexibility index (Phi) is 3.37. The second-order valence-electron chi connectivity index (χ2n) is 4.02. The van der Waals surface area contributed by atoms with Crippen LogP contribution in [-0.4, -0.2) is 6.04 Å². The molecule has 1 saturated carbocycles. The van der Waals surface area contributed by atoms with Crippen molar-refractivity contribution in [2.45, 2.75) is 53.0 Å². The normalized spacial score (nSPS) is 30.9. The summed E-state index contributed by atoms with van der Waals surface area (Å²) in [5.41, 5.74) is 6.34. The van der Waals surface area contributed by atoms with Crippen molar-refractivity contribution in [1.82, 2.24) is 0 Å². The van der Waals surface area contributed by atoms with Gasteiger partial charge in [-0.1, -0.05) is 27.7 Å². The molecule has 1 rings (SSSR count). The molecule has 62 valence electrons. The minimum atomic E-state index is 0. The SMILES string of the molecule is C.CC1(C)CCCC(N)C1. The predicted octanol–water partition coefficient (Wildman–Crippen LogP) is 2.55. The molecule has 0 saturated heterocycles. The van der Waals surface area contributed by atoms with Gasteiger partial charge in [0.2, 0.25) is 0 Å². The molecule has 1 heteroatoms. The van der Waals surface area contributed by atoms with E-state index in [4.69, 9.17) is 5.73 Å². The minimum Gasteiger partial charge on any atom is -0.328 e. The number of nitrogens with two attached hydrogens (primary N) is 1. The van der Waals surface area contributed by atoms with Gasteiger partial charge in [-0.25, -0.2) is 0 Å². The molecule has 1 aliphatic carbocycles. The predicted molar refractivity (Wildman–Crippen MR) is 47.0 cm³/mol. The molecular formula is C9H21N. The Balaban J connectivity index is 0.000000810. The fourth-order valence-electron chi connectivity index (χ4n) is 1.76. The summed E-state index contributed by atoms with van der Waals surface area (Å²) in [5, 5.41) is 0. The molecule has 0 aromatic rings. The van der Waals surface area contributed by atoms with Crippen LogP contribution in [-0.2, 0) is 0 Å². The summed E-state index contributed by atoms with van der Waals surface area (Å²) < 4.78 is 0. The van der Waals surface area contributed by atoms with E-state index in [0.717, 1.165) is 0 Å². The number of hydrogen-bond acceptors (Lipinski definition) is 1. The van der Waals surface area contributed by atoms with Crippen molar-refractivity contribution in [1.29, 1.82) is 0 Å². The fourth-order valence-corrected chi connectivity index (χ4v) is 1.76. The van der Waals surface area contributed by atoms with E-state index >= 15 is 0 Å². The van der Waals surface area contributed by atoms with Gasteiger partial charge in [-0.05, 0) is 24.7 Å². The van der Waals surface area contributed by atoms with Crippen molar-refractivity contribution < 1.29 is 0 Å². The lowest BCUT2D eigenvalue weighted by molar-refractivity contribution is 0.221. The van der Waals surface area contributed by atoms with Gasteiger partial charge < -0.3 is 5.73 Å². The highest BCUT2D eigenvalue weighted by Gasteiger charge is 2.25. The summed E-state index contributed by atoms with van der Waals surface area (Å²) in [7, 11) is 0. The third-order valence-corrected chi connectivity index (χ3v) is 2.24. The summed E-state index contributed by atoms with van der Waals surface area (Å²) in [6.45, 7) is 4.62. The Hall–Kier alpha value is -0.0400. The van der Waals surface area contributed by atoms with Crippen LogP contribution in [0, 0.1) is 5.41 Å². The second-order valence-corrected chi connectivity index (χ2v) is 4.02. The molecule has 0 aromatic carbocycles. The van der Waals surface area contributed by atoms with E-state index < -0.39 is 0 Å². The third kappa shape index (κ3) is 2.70. The van der Waals surface area contributed by atoms with Gasteiger partial charge in [-0.15, -0.1) is 0 Å². The first-order chi connectivity index (χ1) is 4.10. The summed E-state index contributed by atoms with van der Waals surface area (Å²) >= 11 is 0. The van der Waals surface area contributed by atoms with E-state index in [-0.39, 0.29) is 7.43 Å². The Morgan fingerprint density at radius 2 is 2.00 bits per heavy atom. The van der Waals surface area contributed by atoms with E-state index in [1.165, 1.54) is 25.7 Å². The molecule has 0 radical (unpaired) electrons. The monoisotopic (exact) mass is 143 g/mol. The fraction of sp³-hybridized carbons (Fsp3) is 1.00. The molecule has 1 fully saturated rings. The molecule has 0 amide bonds. The molecule has 1 nitrogen and oxygen atoms in total. The van der Waals surface area contributed by atoms with Crippen LogP contribution >= 0.6 is 0 Å². The van der Waals surface area contributed by atoms with Crippen molar-refractivity contribution >= 4 is 0 Å². The van der Waals surface area contributed by atoms with Gasteiger partial charge in [0.25, 0.3) is 0 Å². The first-order valence-corrected chi connectivity index (χ1v) is 3.86. The van der Waals surface area contributed by atoms with Crippen LogP contribution < -0.4 is 5.73 Å². The van der Waals surface area contributed by atoms with Crippen molar-refractivity contribution in [2.24, 2.45) is 11.1 Å². The van der Waals surface area contributed by atoms with Crippen LogP contribution in [0.1, 0.15) is 47.0 Å². The number of hydrogen-bond donors (Lipinski definition) is 1. The van der Waals surface area contributed by atoms with Gasteiger partial charge in [-0.3, -0.25) is 0 Å². The molecular weight excluding hydrogens is 122 g/mol. The Morgan fingerprint density at radius 3 is 2.30 bits per heavy atom. The highest BCUT2D eigenvalue weighted by Crippen LogP contribution is 2.33. The Bertz CT molecular complexity index is 96.9. The van der Waals surface area contributed by atoms with Crippen LogP contribution in [0.25, 0.3) is 0 Å². The highest BCUT2D eigenvalue weighted by molar-refractivity contribution is 4.80. The number of rotatable bonds is 0. The molecule has 0 aromatic heterocycles. The molecule has 10 heavy (non-hydrogen) atoms. The van der Waals surface area contributed by atoms with E-state index in [0.29, 0.717) is 11.5 Å². The molecule has 2 N–H and O–H groups in total. The Labute approximate surface area is 65.0 Å². The lowest BCUT2D eigenvalue weighted by atomic mass is 9.75. The average Bonchev–Trinajstić information content (AvgIpc) is 1.60. The smallest absolute Gasteiger partial charge is 0.00439 e. The van der Waals surface area contributed by atoms with Crippen molar-refractivity contribution in [3.05, 3.63) is 0 Å². The van der Waals surface area contributed by atoms with Crippen LogP contribution in [0.4, 0.5) is 0 Å². The summed E-state index contributed by atoms with van der Waals surface area (Å²) in [6.07, 6.45) is 5.14. The standard InChI is InChI=1S/C8H17N.CH4/c1-8(2)5-3-4-7(9)6-8;/h7H,3-6,9H2,1-2H3;1H4. The summed E-state index contributed by atoms with van der Waals surface area (Å²) in [5.74, 6) is 0. The molecule has 1 aliphatic rings. The summed E-state index contributed by atoms with van der Waals surface area (Å²) in [4.78, 5) is 0. The zero-order valence-electron chi connectivity index (χ0n) is 6.48. The minimum absolute atomic E-state index is 0. The summed E-state index contributed by atoms with van der Waals surface area (Å²) in [6, 6.07) is 0.480. The van der Waals surface area contributed by atoms with E-state index in [1.54, 1.807) is 0 Å². The third-order valence-electron chi connectivity index (χ3n) is 2.24. The van der Waals surface area contributed by atoms with Gasteiger partial charge in [0.15, 0.2) is 0 Å². The van der Waals surface area contributed by atoms with Crippen molar-refractivity contribution in [3.8, 4) is 0 Å². The molecule has 0 heterocycles. The highest BCUT2D eigenvalue weighted by atomic mass is 14.6. The molecule has 0 bridgehead atoms. The van der Waals surface area contributed by atoms with Crippen LogP contribution in [0.3, 0.4) is 0 Å². The first-order valence-electron chi connectivity index (χ1n) is 3.86. The van der Waals surface area contributed by atoms with Gasteiger partial charge in [0.05, 0.1) is 0 Å². The lowest BCUT2D eigenvalue weighted by Gasteiger charge is -2.33. The van der Waals surface area contributed by atoms with Crippen LogP contribution in [0.2, 0.25) is 0 Å². The average molecular weight is 143 g/mol. The van der Waals surface area contributed by atoms with Gasteiger partial charge in [0, 0.05) is 6.04 Å². The topological polar surface area (TPSA) is 26.0 Å². The molecule has 1 atom stereocenters. The molecule has 0 aliphatic heterocycles. The van der Waals surface area contributed by atoms with Crippen molar-refractivity contribution in [2.75, 3.05) is 0 Å². The maximum Gasteiger partial charge on any atom is 0.00439 e. The first kappa shape index (κ1) is 9.96. The van der Waals surface area contributed by atoms with Gasteiger partial charge in [0.1, 0.15) is 0 Å². The van der Waals surface area contributed by atoms with Gasteiger partial charge >= 0.3 is 0 Å². The van der Waals surface area contributed by atoms with Gasteiger partial charge in [-0.2, -0.15) is 0 Å². The Morgan fingerprint density at radius 1 is 1.40 bits per heavy atom. The largest absolute Gasteiger partial charge is 0.328 e. The van der Waals surface area contributed by atoms with E-state index in [2.05, 4.69) is 13.8 Å².